The van der Waals surface area contributed by atoms with Gasteiger partial charge in [0.1, 0.15) is 30.3 Å². The van der Waals surface area contributed by atoms with Gasteiger partial charge in [-0.3, -0.25) is 4.90 Å². The number of aliphatic hydroxyl groups is 1. The minimum absolute atomic E-state index is 0.143. The monoisotopic (exact) mass is 504 g/mol. The molecule has 0 fully saturated rings. The third-order valence-corrected chi connectivity index (χ3v) is 6.43. The van der Waals surface area contributed by atoms with Crippen LogP contribution in [-0.4, -0.2) is 61.5 Å². The molecule has 194 valence electrons. The highest BCUT2D eigenvalue weighted by atomic mass is 16.7. The van der Waals surface area contributed by atoms with Crippen molar-refractivity contribution in [2.75, 3.05) is 33.6 Å². The van der Waals surface area contributed by atoms with Crippen LogP contribution in [0.2, 0.25) is 0 Å². The van der Waals surface area contributed by atoms with Crippen LogP contribution in [0.25, 0.3) is 0 Å². The SMILES string of the molecule is COc1cccc(CN(CC(O)COc2ccccc2C)CC2CC(c3ccc4c(c3)OCO4)=NO2)c1. The maximum atomic E-state index is 10.9. The number of methoxy groups -OCH3 is 1. The molecular formula is C29H32N2O6. The Labute approximate surface area is 217 Å². The van der Waals surface area contributed by atoms with Gasteiger partial charge in [-0.15, -0.1) is 0 Å². The van der Waals surface area contributed by atoms with Gasteiger partial charge in [0.2, 0.25) is 6.79 Å². The van der Waals surface area contributed by atoms with Crippen LogP contribution in [0.1, 0.15) is 23.1 Å². The average molecular weight is 505 g/mol. The lowest BCUT2D eigenvalue weighted by Crippen LogP contribution is -2.39. The number of fused-ring (bicyclic) bond motifs is 1. The molecule has 8 nitrogen and oxygen atoms in total. The quantitative estimate of drug-likeness (QED) is 0.420. The second-order valence-electron chi connectivity index (χ2n) is 9.31. The van der Waals surface area contributed by atoms with E-state index in [4.69, 9.17) is 23.8 Å². The molecule has 8 heteroatoms. The molecule has 0 aromatic heterocycles. The Morgan fingerprint density at radius 1 is 1.05 bits per heavy atom. The molecule has 2 aliphatic heterocycles. The maximum Gasteiger partial charge on any atom is 0.231 e. The summed E-state index contributed by atoms with van der Waals surface area (Å²) in [4.78, 5) is 7.99. The number of hydrogen-bond donors (Lipinski definition) is 1. The molecule has 2 atom stereocenters. The lowest BCUT2D eigenvalue weighted by atomic mass is 10.0. The molecule has 2 unspecified atom stereocenters. The molecule has 1 N–H and O–H groups in total. The Morgan fingerprint density at radius 3 is 2.78 bits per heavy atom. The van der Waals surface area contributed by atoms with E-state index in [9.17, 15) is 5.11 Å². The van der Waals surface area contributed by atoms with Crippen LogP contribution in [0.4, 0.5) is 0 Å². The van der Waals surface area contributed by atoms with Gasteiger partial charge in [0, 0.05) is 31.6 Å². The highest BCUT2D eigenvalue weighted by Gasteiger charge is 2.27. The van der Waals surface area contributed by atoms with Crippen molar-refractivity contribution in [3.8, 4) is 23.0 Å². The zero-order chi connectivity index (χ0) is 25.6. The minimum atomic E-state index is -0.680. The first-order chi connectivity index (χ1) is 18.1. The fourth-order valence-corrected chi connectivity index (χ4v) is 4.55. The third-order valence-electron chi connectivity index (χ3n) is 6.43. The van der Waals surface area contributed by atoms with Crippen LogP contribution >= 0.6 is 0 Å². The van der Waals surface area contributed by atoms with E-state index in [1.807, 2.05) is 67.6 Å². The number of hydrogen-bond acceptors (Lipinski definition) is 8. The van der Waals surface area contributed by atoms with Crippen LogP contribution in [0.3, 0.4) is 0 Å². The fourth-order valence-electron chi connectivity index (χ4n) is 4.55. The van der Waals surface area contributed by atoms with Gasteiger partial charge in [0.05, 0.1) is 12.8 Å². The summed E-state index contributed by atoms with van der Waals surface area (Å²) in [6.45, 7) is 4.06. The van der Waals surface area contributed by atoms with Crippen LogP contribution < -0.4 is 18.9 Å². The molecule has 2 heterocycles. The van der Waals surface area contributed by atoms with E-state index in [-0.39, 0.29) is 19.5 Å². The number of benzene rings is 3. The van der Waals surface area contributed by atoms with Gasteiger partial charge in [0.25, 0.3) is 0 Å². The Balaban J connectivity index is 1.23. The summed E-state index contributed by atoms with van der Waals surface area (Å²) in [6.07, 6.45) is -0.166. The topological polar surface area (TPSA) is 82.0 Å². The van der Waals surface area contributed by atoms with E-state index < -0.39 is 6.10 Å². The first-order valence-corrected chi connectivity index (χ1v) is 12.4. The summed E-state index contributed by atoms with van der Waals surface area (Å²) in [5.74, 6) is 3.04. The predicted molar refractivity (Wildman–Crippen MR) is 140 cm³/mol. The zero-order valence-electron chi connectivity index (χ0n) is 21.1. The van der Waals surface area contributed by atoms with Crippen LogP contribution in [-0.2, 0) is 11.4 Å². The molecule has 0 amide bonds. The van der Waals surface area contributed by atoms with Gasteiger partial charge in [-0.25, -0.2) is 0 Å². The van der Waals surface area contributed by atoms with E-state index in [2.05, 4.69) is 16.1 Å². The number of oxime groups is 1. The number of rotatable bonds is 11. The van der Waals surface area contributed by atoms with E-state index in [0.29, 0.717) is 26.1 Å². The standard InChI is InChI=1S/C29H32N2O6/c1-20-6-3-4-9-27(20)34-18-23(32)16-31(15-21-7-5-8-24(12-21)33-2)17-25-14-26(30-37-25)22-10-11-28-29(13-22)36-19-35-28/h3-13,23,25,32H,14-19H2,1-2H3. The van der Waals surface area contributed by atoms with Crippen molar-refractivity contribution in [1.82, 2.24) is 4.90 Å². The molecule has 0 spiro atoms. The van der Waals surface area contributed by atoms with Crippen molar-refractivity contribution in [3.05, 3.63) is 83.4 Å². The van der Waals surface area contributed by atoms with Crippen LogP contribution in [0.15, 0.2) is 71.9 Å². The van der Waals surface area contributed by atoms with Gasteiger partial charge in [0.15, 0.2) is 11.5 Å². The smallest absolute Gasteiger partial charge is 0.231 e. The van der Waals surface area contributed by atoms with Crippen molar-refractivity contribution >= 4 is 5.71 Å². The van der Waals surface area contributed by atoms with Gasteiger partial charge < -0.3 is 28.9 Å². The zero-order valence-corrected chi connectivity index (χ0v) is 21.1. The molecule has 2 aliphatic rings. The molecule has 0 bridgehead atoms. The Hall–Kier alpha value is -3.75. The van der Waals surface area contributed by atoms with E-state index >= 15 is 0 Å². The fraction of sp³-hybridized carbons (Fsp3) is 0.345. The highest BCUT2D eigenvalue weighted by Crippen LogP contribution is 2.33. The molecule has 0 saturated heterocycles. The molecule has 5 rings (SSSR count). The second kappa shape index (κ2) is 11.5. The summed E-state index contributed by atoms with van der Waals surface area (Å²) in [7, 11) is 1.66. The molecule has 0 radical (unpaired) electrons. The summed E-state index contributed by atoms with van der Waals surface area (Å²) in [6, 6.07) is 21.6. The summed E-state index contributed by atoms with van der Waals surface area (Å²) < 4.78 is 22.2. The molecule has 37 heavy (non-hydrogen) atoms. The average Bonchev–Trinajstić information content (AvgIpc) is 3.57. The van der Waals surface area contributed by atoms with Gasteiger partial charge in [-0.05, 0) is 54.4 Å². The van der Waals surface area contributed by atoms with Gasteiger partial charge in [-0.1, -0.05) is 35.5 Å². The number of aryl methyl sites for hydroxylation is 1. The van der Waals surface area contributed by atoms with E-state index in [0.717, 1.165) is 45.4 Å². The molecule has 3 aromatic rings. The number of aliphatic hydroxyl groups excluding tert-OH is 1. The largest absolute Gasteiger partial charge is 0.497 e. The van der Waals surface area contributed by atoms with Crippen molar-refractivity contribution in [2.24, 2.45) is 5.16 Å². The molecular weight excluding hydrogens is 472 g/mol. The van der Waals surface area contributed by atoms with E-state index in [1.165, 1.54) is 0 Å². The van der Waals surface area contributed by atoms with E-state index in [1.54, 1.807) is 7.11 Å². The van der Waals surface area contributed by atoms with Crippen molar-refractivity contribution in [3.63, 3.8) is 0 Å². The van der Waals surface area contributed by atoms with Gasteiger partial charge >= 0.3 is 0 Å². The van der Waals surface area contributed by atoms with Crippen molar-refractivity contribution in [1.29, 1.82) is 0 Å². The lowest BCUT2D eigenvalue weighted by molar-refractivity contribution is 0.0212. The first-order valence-electron chi connectivity index (χ1n) is 12.4. The van der Waals surface area contributed by atoms with Gasteiger partial charge in [-0.2, -0.15) is 0 Å². The summed E-state index contributed by atoms with van der Waals surface area (Å²) in [5, 5.41) is 15.2. The van der Waals surface area contributed by atoms with Crippen LogP contribution in [0, 0.1) is 6.92 Å². The number of nitrogens with zero attached hydrogens (tertiary/aromatic N) is 2. The third kappa shape index (κ3) is 6.34. The first kappa shape index (κ1) is 24.9. The summed E-state index contributed by atoms with van der Waals surface area (Å²) >= 11 is 0. The van der Waals surface area contributed by atoms with Crippen LogP contribution in [0.5, 0.6) is 23.0 Å². The molecule has 0 aliphatic carbocycles. The molecule has 3 aromatic carbocycles. The second-order valence-corrected chi connectivity index (χ2v) is 9.31. The maximum absolute atomic E-state index is 10.9. The normalized spacial score (nSPS) is 16.9. The Bertz CT molecular complexity index is 1250. The van der Waals surface area contributed by atoms with Crippen molar-refractivity contribution < 1.29 is 28.9 Å². The lowest BCUT2D eigenvalue weighted by Gasteiger charge is -2.27. The Kier molecular flexibility index (Phi) is 7.77. The highest BCUT2D eigenvalue weighted by molar-refractivity contribution is 6.01. The number of para-hydroxylation sites is 1. The predicted octanol–water partition coefficient (Wildman–Crippen LogP) is 4.17. The molecule has 0 saturated carbocycles. The number of ether oxygens (including phenoxy) is 4. The Morgan fingerprint density at radius 2 is 1.92 bits per heavy atom. The summed E-state index contributed by atoms with van der Waals surface area (Å²) in [5.41, 5.74) is 3.95. The van der Waals surface area contributed by atoms with Crippen molar-refractivity contribution in [2.45, 2.75) is 32.1 Å². The minimum Gasteiger partial charge on any atom is -0.497 e.